The van der Waals surface area contributed by atoms with Crippen LogP contribution in [0, 0.1) is 0 Å². The van der Waals surface area contributed by atoms with E-state index in [9.17, 15) is 4.79 Å². The number of hydrogen-bond acceptors (Lipinski definition) is 6. The van der Waals surface area contributed by atoms with E-state index in [1.165, 1.54) is 16.9 Å². The summed E-state index contributed by atoms with van der Waals surface area (Å²) < 4.78 is 5.51. The predicted molar refractivity (Wildman–Crippen MR) is 160 cm³/mol. The van der Waals surface area contributed by atoms with Gasteiger partial charge in [0.1, 0.15) is 0 Å². The highest BCUT2D eigenvalue weighted by Gasteiger charge is 2.36. The molecule has 3 aliphatic rings. The molecular formula is C33H38N4O2. The molecule has 0 bridgehead atoms. The number of nitrogens with one attached hydrogen (secondary N) is 2. The molecule has 1 fully saturated rings. The second-order valence-corrected chi connectivity index (χ2v) is 10.6. The van der Waals surface area contributed by atoms with Gasteiger partial charge in [0.15, 0.2) is 5.78 Å². The zero-order valence-electron chi connectivity index (χ0n) is 23.0. The van der Waals surface area contributed by atoms with Crippen LogP contribution < -0.4 is 20.4 Å². The van der Waals surface area contributed by atoms with Crippen molar-refractivity contribution in [3.63, 3.8) is 0 Å². The number of fused-ring (bicyclic) bond motifs is 1. The molecule has 0 saturated carbocycles. The number of ketones is 1. The Labute approximate surface area is 231 Å². The number of hydrogen-bond donors (Lipinski definition) is 2. The molecule has 6 heteroatoms. The zero-order valence-corrected chi connectivity index (χ0v) is 23.0. The maximum Gasteiger partial charge on any atom is 0.163 e. The van der Waals surface area contributed by atoms with E-state index in [0.717, 1.165) is 74.0 Å². The minimum absolute atomic E-state index is 0.151. The summed E-state index contributed by atoms with van der Waals surface area (Å²) in [4.78, 5) is 18.6. The number of rotatable bonds is 6. The third-order valence-corrected chi connectivity index (χ3v) is 8.40. The third kappa shape index (κ3) is 5.13. The summed E-state index contributed by atoms with van der Waals surface area (Å²) in [6.45, 7) is 9.69. The normalized spacial score (nSPS) is 20.9. The van der Waals surface area contributed by atoms with Crippen molar-refractivity contribution in [2.24, 2.45) is 0 Å². The van der Waals surface area contributed by atoms with Gasteiger partial charge in [-0.1, -0.05) is 36.4 Å². The Morgan fingerprint density at radius 2 is 1.51 bits per heavy atom. The van der Waals surface area contributed by atoms with Gasteiger partial charge in [0.2, 0.25) is 0 Å². The standard InChI is InChI=1S/C33H38N4O2/c1-3-36(4-2)26-15-11-24(12-16-26)33-32-30(34-28-7-5-6-8-29(28)35-33)21-25(22-31(32)38)23-9-13-27(14-10-23)37-17-19-39-20-18-37/h5-16,25,33-35H,3-4,17-22H2,1-2H3. The van der Waals surface area contributed by atoms with Gasteiger partial charge < -0.3 is 25.2 Å². The summed E-state index contributed by atoms with van der Waals surface area (Å²) in [6.07, 6.45) is 1.32. The molecule has 2 heterocycles. The number of carbonyl (C=O) groups is 1. The first-order valence-corrected chi connectivity index (χ1v) is 14.3. The molecule has 2 atom stereocenters. The number of ether oxygens (including phenoxy) is 1. The minimum Gasteiger partial charge on any atom is -0.378 e. The molecule has 0 radical (unpaired) electrons. The van der Waals surface area contributed by atoms with Crippen LogP contribution in [0.15, 0.2) is 84.1 Å². The van der Waals surface area contributed by atoms with Gasteiger partial charge in [0, 0.05) is 55.2 Å². The van der Waals surface area contributed by atoms with E-state index < -0.39 is 0 Å². The van der Waals surface area contributed by atoms with Crippen molar-refractivity contribution >= 4 is 28.5 Å². The maximum atomic E-state index is 13.9. The van der Waals surface area contributed by atoms with Gasteiger partial charge in [-0.2, -0.15) is 0 Å². The number of anilines is 4. The lowest BCUT2D eigenvalue weighted by atomic mass is 9.78. The predicted octanol–water partition coefficient (Wildman–Crippen LogP) is 6.35. The van der Waals surface area contributed by atoms with Gasteiger partial charge in [-0.15, -0.1) is 0 Å². The third-order valence-electron chi connectivity index (χ3n) is 8.40. The van der Waals surface area contributed by atoms with Crippen molar-refractivity contribution in [1.82, 2.24) is 0 Å². The lowest BCUT2D eigenvalue weighted by Crippen LogP contribution is -2.36. The average Bonchev–Trinajstić information content (AvgIpc) is 3.16. The molecule has 1 aliphatic carbocycles. The molecule has 6 rings (SSSR count). The van der Waals surface area contributed by atoms with E-state index in [0.29, 0.717) is 6.42 Å². The number of benzene rings is 3. The van der Waals surface area contributed by atoms with Crippen molar-refractivity contribution in [2.75, 3.05) is 59.8 Å². The van der Waals surface area contributed by atoms with Crippen LogP contribution in [0.1, 0.15) is 49.8 Å². The first-order valence-electron chi connectivity index (χ1n) is 14.3. The van der Waals surface area contributed by atoms with Gasteiger partial charge in [-0.05, 0) is 73.7 Å². The van der Waals surface area contributed by atoms with Crippen LogP contribution in [-0.2, 0) is 9.53 Å². The topological polar surface area (TPSA) is 56.8 Å². The average molecular weight is 523 g/mol. The Morgan fingerprint density at radius 3 is 2.21 bits per heavy atom. The van der Waals surface area contributed by atoms with Gasteiger partial charge in [0.05, 0.1) is 30.6 Å². The molecule has 2 unspecified atom stereocenters. The summed E-state index contributed by atoms with van der Waals surface area (Å²) in [5, 5.41) is 7.38. The van der Waals surface area contributed by atoms with Crippen LogP contribution in [0.25, 0.3) is 0 Å². The second-order valence-electron chi connectivity index (χ2n) is 10.6. The molecule has 39 heavy (non-hydrogen) atoms. The Morgan fingerprint density at radius 1 is 0.846 bits per heavy atom. The minimum atomic E-state index is -0.195. The fourth-order valence-electron chi connectivity index (χ4n) is 6.22. The number of morpholine rings is 1. The molecule has 2 aliphatic heterocycles. The van der Waals surface area contributed by atoms with Crippen LogP contribution in [-0.4, -0.2) is 45.2 Å². The Kier molecular flexibility index (Phi) is 7.29. The lowest BCUT2D eigenvalue weighted by molar-refractivity contribution is -0.116. The molecular weight excluding hydrogens is 484 g/mol. The van der Waals surface area contributed by atoms with E-state index in [4.69, 9.17) is 4.74 Å². The van der Waals surface area contributed by atoms with Crippen LogP contribution in [0.3, 0.4) is 0 Å². The fraction of sp³-hybridized carbons (Fsp3) is 0.364. The number of carbonyl (C=O) groups excluding carboxylic acids is 1. The molecule has 3 aromatic rings. The molecule has 0 spiro atoms. The SMILES string of the molecule is CCN(CC)c1ccc(C2Nc3ccccc3NC3=C2C(=O)CC(c2ccc(N4CCOCC4)cc2)C3)cc1. The summed E-state index contributed by atoms with van der Waals surface area (Å²) in [6, 6.07) is 25.6. The quantitative estimate of drug-likeness (QED) is 0.394. The Balaban J connectivity index is 1.32. The molecule has 1 saturated heterocycles. The summed E-state index contributed by atoms with van der Waals surface area (Å²) >= 11 is 0. The van der Waals surface area contributed by atoms with Gasteiger partial charge in [-0.25, -0.2) is 0 Å². The van der Waals surface area contributed by atoms with E-state index >= 15 is 0 Å². The van der Waals surface area contributed by atoms with Crippen LogP contribution >= 0.6 is 0 Å². The number of nitrogens with zero attached hydrogens (tertiary/aromatic N) is 2. The van der Waals surface area contributed by atoms with Crippen LogP contribution in [0.5, 0.6) is 0 Å². The number of allylic oxidation sites excluding steroid dienone is 1. The Bertz CT molecular complexity index is 1340. The highest BCUT2D eigenvalue weighted by Crippen LogP contribution is 2.44. The fourth-order valence-corrected chi connectivity index (χ4v) is 6.22. The van der Waals surface area contributed by atoms with Crippen molar-refractivity contribution in [1.29, 1.82) is 0 Å². The van der Waals surface area contributed by atoms with E-state index in [1.807, 2.05) is 12.1 Å². The highest BCUT2D eigenvalue weighted by atomic mass is 16.5. The second kappa shape index (κ2) is 11.1. The number of Topliss-reactive ketones (excluding diaryl/α,β-unsaturated/α-hetero) is 1. The molecule has 0 amide bonds. The highest BCUT2D eigenvalue weighted by molar-refractivity contribution is 6.01. The van der Waals surface area contributed by atoms with Crippen molar-refractivity contribution in [3.8, 4) is 0 Å². The van der Waals surface area contributed by atoms with Gasteiger partial charge in [0.25, 0.3) is 0 Å². The lowest BCUT2D eigenvalue weighted by Gasteiger charge is -2.31. The first-order chi connectivity index (χ1) is 19.1. The number of para-hydroxylation sites is 2. The van der Waals surface area contributed by atoms with E-state index in [1.54, 1.807) is 0 Å². The Hall–Kier alpha value is -3.77. The smallest absolute Gasteiger partial charge is 0.163 e. The molecule has 202 valence electrons. The summed E-state index contributed by atoms with van der Waals surface area (Å²) in [7, 11) is 0. The monoisotopic (exact) mass is 522 g/mol. The van der Waals surface area contributed by atoms with Gasteiger partial charge >= 0.3 is 0 Å². The molecule has 6 nitrogen and oxygen atoms in total. The molecule has 0 aromatic heterocycles. The largest absolute Gasteiger partial charge is 0.378 e. The van der Waals surface area contributed by atoms with Gasteiger partial charge in [-0.3, -0.25) is 4.79 Å². The van der Waals surface area contributed by atoms with Crippen LogP contribution in [0.4, 0.5) is 22.7 Å². The van der Waals surface area contributed by atoms with Crippen molar-refractivity contribution < 1.29 is 9.53 Å². The zero-order chi connectivity index (χ0) is 26.8. The molecule has 3 aromatic carbocycles. The first kappa shape index (κ1) is 25.5. The van der Waals surface area contributed by atoms with E-state index in [2.05, 4.69) is 94.9 Å². The summed E-state index contributed by atoms with van der Waals surface area (Å²) in [5.41, 5.74) is 8.70. The van der Waals surface area contributed by atoms with E-state index in [-0.39, 0.29) is 17.7 Å². The van der Waals surface area contributed by atoms with Crippen LogP contribution in [0.2, 0.25) is 0 Å². The molecule has 2 N–H and O–H groups in total. The van der Waals surface area contributed by atoms with Crippen molar-refractivity contribution in [2.45, 2.75) is 38.6 Å². The summed E-state index contributed by atoms with van der Waals surface area (Å²) in [5.74, 6) is 0.363. The van der Waals surface area contributed by atoms with Crippen molar-refractivity contribution in [3.05, 3.63) is 95.2 Å². The maximum absolute atomic E-state index is 13.9.